The van der Waals surface area contributed by atoms with Crippen molar-refractivity contribution < 1.29 is 9.59 Å². The van der Waals surface area contributed by atoms with Crippen LogP contribution in [0.5, 0.6) is 0 Å². The van der Waals surface area contributed by atoms with Crippen LogP contribution in [0.25, 0.3) is 0 Å². The van der Waals surface area contributed by atoms with Gasteiger partial charge in [-0.3, -0.25) is 4.48 Å². The highest BCUT2D eigenvalue weighted by Gasteiger charge is 2.41. The fourth-order valence-corrected chi connectivity index (χ4v) is 3.96. The number of unbranched alkanes of at least 4 members (excludes halogenated alkanes) is 9. The van der Waals surface area contributed by atoms with Crippen LogP contribution in [0.15, 0.2) is 17.1 Å². The Morgan fingerprint density at radius 2 is 1.60 bits per heavy atom. The predicted octanol–water partition coefficient (Wildman–Crippen LogP) is 5.83. The standard InChI is InChI=1S/C22H43N2O/c1-4-6-7-8-9-10-11-12-13-14-15-16-17-18-22-23-19-20-24(22,5-2)21(3)25/h10-11,19,21-22,25H,4-9,12-18,20H2,1-3H3/q+1/b11-10+. The summed E-state index contributed by atoms with van der Waals surface area (Å²) in [5.41, 5.74) is 0. The van der Waals surface area contributed by atoms with Crippen molar-refractivity contribution in [2.75, 3.05) is 13.1 Å². The van der Waals surface area contributed by atoms with E-state index in [0.29, 0.717) is 0 Å². The van der Waals surface area contributed by atoms with Gasteiger partial charge in [-0.2, -0.15) is 0 Å². The van der Waals surface area contributed by atoms with Crippen LogP contribution in [0.4, 0.5) is 0 Å². The molecule has 3 atom stereocenters. The number of aliphatic imine (C=N–C) groups is 1. The van der Waals surface area contributed by atoms with Crippen LogP contribution in [0, 0.1) is 0 Å². The third kappa shape index (κ3) is 8.04. The molecule has 0 aromatic heterocycles. The van der Waals surface area contributed by atoms with Crippen LogP contribution in [-0.4, -0.2) is 41.3 Å². The molecule has 0 aromatic rings. The molecule has 1 aliphatic heterocycles. The maximum Gasteiger partial charge on any atom is 0.189 e. The van der Waals surface area contributed by atoms with E-state index in [2.05, 4.69) is 31.0 Å². The van der Waals surface area contributed by atoms with Crippen molar-refractivity contribution in [1.82, 2.24) is 0 Å². The minimum atomic E-state index is -0.314. The van der Waals surface area contributed by atoms with Crippen LogP contribution < -0.4 is 0 Å². The molecule has 0 spiro atoms. The van der Waals surface area contributed by atoms with Gasteiger partial charge in [-0.1, -0.05) is 57.6 Å². The highest BCUT2D eigenvalue weighted by Crippen LogP contribution is 2.26. The van der Waals surface area contributed by atoms with Crippen molar-refractivity contribution in [3.8, 4) is 0 Å². The lowest BCUT2D eigenvalue weighted by molar-refractivity contribution is -0.976. The van der Waals surface area contributed by atoms with Crippen molar-refractivity contribution in [2.45, 2.75) is 110 Å². The molecule has 0 fully saturated rings. The number of rotatable bonds is 15. The van der Waals surface area contributed by atoms with Gasteiger partial charge in [-0.05, 0) is 39.0 Å². The smallest absolute Gasteiger partial charge is 0.189 e. The first-order valence-corrected chi connectivity index (χ1v) is 10.9. The number of nitrogens with zero attached hydrogens (tertiary/aromatic N) is 2. The Kier molecular flexibility index (Phi) is 12.1. The monoisotopic (exact) mass is 351 g/mol. The van der Waals surface area contributed by atoms with E-state index in [4.69, 9.17) is 0 Å². The molecule has 0 saturated heterocycles. The van der Waals surface area contributed by atoms with E-state index in [1.165, 1.54) is 70.6 Å². The van der Waals surface area contributed by atoms with Crippen LogP contribution in [0.2, 0.25) is 0 Å². The zero-order valence-corrected chi connectivity index (χ0v) is 17.1. The molecule has 3 heteroatoms. The molecule has 0 saturated carbocycles. The lowest BCUT2D eigenvalue weighted by atomic mass is 10.1. The number of allylic oxidation sites excluding steroid dienone is 2. The van der Waals surface area contributed by atoms with E-state index in [0.717, 1.165) is 24.0 Å². The maximum absolute atomic E-state index is 10.2. The van der Waals surface area contributed by atoms with Crippen LogP contribution >= 0.6 is 0 Å². The summed E-state index contributed by atoms with van der Waals surface area (Å²) in [4.78, 5) is 4.65. The van der Waals surface area contributed by atoms with Gasteiger partial charge in [0, 0.05) is 13.3 Å². The molecular formula is C22H43N2O+. The minimum absolute atomic E-state index is 0.278. The van der Waals surface area contributed by atoms with E-state index in [1.807, 2.05) is 13.1 Å². The lowest BCUT2D eigenvalue weighted by Gasteiger charge is -2.40. The molecule has 1 rings (SSSR count). The maximum atomic E-state index is 10.2. The quantitative estimate of drug-likeness (QED) is 0.225. The van der Waals surface area contributed by atoms with Crippen molar-refractivity contribution in [3.05, 3.63) is 12.2 Å². The summed E-state index contributed by atoms with van der Waals surface area (Å²) in [6, 6.07) is 0. The van der Waals surface area contributed by atoms with Crippen LogP contribution in [0.1, 0.15) is 97.8 Å². The highest BCUT2D eigenvalue weighted by molar-refractivity contribution is 5.60. The van der Waals surface area contributed by atoms with Gasteiger partial charge in [0.25, 0.3) is 0 Å². The first-order chi connectivity index (χ1) is 12.2. The summed E-state index contributed by atoms with van der Waals surface area (Å²) in [5.74, 6) is 0. The average Bonchev–Trinajstić information content (AvgIpc) is 3.03. The highest BCUT2D eigenvalue weighted by atomic mass is 16.3. The van der Waals surface area contributed by atoms with E-state index in [9.17, 15) is 5.11 Å². The second kappa shape index (κ2) is 13.5. The Balaban J connectivity index is 2.00. The topological polar surface area (TPSA) is 32.6 Å². The Morgan fingerprint density at radius 1 is 1.00 bits per heavy atom. The van der Waals surface area contributed by atoms with E-state index >= 15 is 0 Å². The van der Waals surface area contributed by atoms with Gasteiger partial charge >= 0.3 is 0 Å². The summed E-state index contributed by atoms with van der Waals surface area (Å²) in [7, 11) is 0. The number of aliphatic hydroxyl groups excluding tert-OH is 1. The minimum Gasteiger partial charge on any atom is -0.345 e. The molecule has 0 bridgehead atoms. The molecule has 0 radical (unpaired) electrons. The molecule has 146 valence electrons. The van der Waals surface area contributed by atoms with Gasteiger partial charge in [-0.15, -0.1) is 0 Å². The van der Waals surface area contributed by atoms with Crippen molar-refractivity contribution >= 4 is 6.21 Å². The first-order valence-electron chi connectivity index (χ1n) is 10.9. The molecule has 3 unspecified atom stereocenters. The first kappa shape index (κ1) is 22.4. The zero-order valence-electron chi connectivity index (χ0n) is 17.1. The van der Waals surface area contributed by atoms with Crippen LogP contribution in [0.3, 0.4) is 0 Å². The fourth-order valence-electron chi connectivity index (χ4n) is 3.96. The number of aliphatic hydroxyl groups is 1. The zero-order chi connectivity index (χ0) is 18.4. The van der Waals surface area contributed by atoms with Crippen molar-refractivity contribution in [2.24, 2.45) is 4.99 Å². The van der Waals surface area contributed by atoms with Gasteiger partial charge in [-0.25, -0.2) is 4.99 Å². The summed E-state index contributed by atoms with van der Waals surface area (Å²) in [5, 5.41) is 10.2. The second-order valence-corrected chi connectivity index (χ2v) is 7.71. The SMILES string of the molecule is CCCCCC/C=C/CCCCCCCC1N=CC[N+]1(CC)C(C)O. The molecule has 3 nitrogen and oxygen atoms in total. The Labute approximate surface area is 156 Å². The average molecular weight is 352 g/mol. The fraction of sp³-hybridized carbons (Fsp3) is 0.864. The molecule has 25 heavy (non-hydrogen) atoms. The number of quaternary nitrogens is 1. The van der Waals surface area contributed by atoms with Gasteiger partial charge in [0.2, 0.25) is 0 Å². The molecule has 0 amide bonds. The van der Waals surface area contributed by atoms with Crippen molar-refractivity contribution in [1.29, 1.82) is 0 Å². The summed E-state index contributed by atoms with van der Waals surface area (Å²) in [6.45, 7) is 8.22. The molecule has 0 aromatic carbocycles. The predicted molar refractivity (Wildman–Crippen MR) is 110 cm³/mol. The number of hydrogen-bond acceptors (Lipinski definition) is 2. The third-order valence-electron chi connectivity index (χ3n) is 5.85. The summed E-state index contributed by atoms with van der Waals surface area (Å²) < 4.78 is 0.739. The molecule has 1 heterocycles. The summed E-state index contributed by atoms with van der Waals surface area (Å²) >= 11 is 0. The largest absolute Gasteiger partial charge is 0.345 e. The summed E-state index contributed by atoms with van der Waals surface area (Å²) in [6.07, 6.45) is 22.4. The Morgan fingerprint density at radius 3 is 2.20 bits per heavy atom. The normalized spacial score (nSPS) is 24.4. The third-order valence-corrected chi connectivity index (χ3v) is 5.85. The van der Waals surface area contributed by atoms with Crippen LogP contribution in [-0.2, 0) is 0 Å². The molecule has 1 aliphatic rings. The van der Waals surface area contributed by atoms with Gasteiger partial charge in [0.05, 0.1) is 12.8 Å². The van der Waals surface area contributed by atoms with E-state index < -0.39 is 0 Å². The van der Waals surface area contributed by atoms with Crippen molar-refractivity contribution in [3.63, 3.8) is 0 Å². The molecule has 1 N–H and O–H groups in total. The lowest BCUT2D eigenvalue weighted by Crippen LogP contribution is -2.57. The van der Waals surface area contributed by atoms with Gasteiger partial charge in [0.15, 0.2) is 12.4 Å². The second-order valence-electron chi connectivity index (χ2n) is 7.71. The van der Waals surface area contributed by atoms with Gasteiger partial charge < -0.3 is 5.11 Å². The Bertz CT molecular complexity index is 378. The van der Waals surface area contributed by atoms with Gasteiger partial charge in [0.1, 0.15) is 6.54 Å². The van der Waals surface area contributed by atoms with E-state index in [1.54, 1.807) is 0 Å². The molecule has 0 aliphatic carbocycles. The molecular weight excluding hydrogens is 308 g/mol. The number of hydrogen-bond donors (Lipinski definition) is 1. The Hall–Kier alpha value is -0.670. The van der Waals surface area contributed by atoms with E-state index in [-0.39, 0.29) is 12.4 Å².